The van der Waals surface area contributed by atoms with Crippen LogP contribution in [-0.4, -0.2) is 75.7 Å². The lowest BCUT2D eigenvalue weighted by molar-refractivity contribution is -0.000307. The van der Waals surface area contributed by atoms with Gasteiger partial charge in [0.15, 0.2) is 5.82 Å². The Morgan fingerprint density at radius 2 is 1.30 bits per heavy atom. The topological polar surface area (TPSA) is 142 Å². The molecule has 4 aromatic rings. The van der Waals surface area contributed by atoms with Gasteiger partial charge in [-0.2, -0.15) is 0 Å². The van der Waals surface area contributed by atoms with Gasteiger partial charge in [0.05, 0.1) is 35.9 Å². The molecule has 7 rings (SSSR count). The highest BCUT2D eigenvalue weighted by molar-refractivity contribution is 5.71. The van der Waals surface area contributed by atoms with E-state index in [1.54, 1.807) is 18.6 Å². The van der Waals surface area contributed by atoms with Gasteiger partial charge in [-0.1, -0.05) is 31.2 Å². The number of benzene rings is 1. The highest BCUT2D eigenvalue weighted by Gasteiger charge is 2.51. The third-order valence-corrected chi connectivity index (χ3v) is 9.92. The van der Waals surface area contributed by atoms with Gasteiger partial charge in [0.25, 0.3) is 0 Å². The molecule has 264 valence electrons. The number of likely N-dealkylation sites (tertiary alicyclic amines) is 2. The molecule has 0 spiro atoms. The largest absolute Gasteiger partial charge is 0.444 e. The number of nitrogens with one attached hydrogen (secondary N) is 2. The van der Waals surface area contributed by atoms with E-state index in [0.717, 1.165) is 71.8 Å². The van der Waals surface area contributed by atoms with E-state index in [2.05, 4.69) is 26.9 Å². The molecule has 3 unspecified atom stereocenters. The first-order valence-electron chi connectivity index (χ1n) is 17.8. The number of hydrogen-bond acceptors (Lipinski definition) is 8. The van der Waals surface area contributed by atoms with Crippen LogP contribution in [0.4, 0.5) is 9.59 Å². The Hall–Kier alpha value is -4.74. The van der Waals surface area contributed by atoms with Crippen LogP contribution in [0.3, 0.4) is 0 Å². The van der Waals surface area contributed by atoms with Gasteiger partial charge in [-0.15, -0.1) is 0 Å². The molecule has 3 aliphatic rings. The molecule has 3 aromatic heterocycles. The van der Waals surface area contributed by atoms with Gasteiger partial charge in [-0.3, -0.25) is 9.80 Å². The zero-order valence-electron chi connectivity index (χ0n) is 30.1. The van der Waals surface area contributed by atoms with Crippen LogP contribution in [0.1, 0.15) is 104 Å². The summed E-state index contributed by atoms with van der Waals surface area (Å²) >= 11 is 0. The third kappa shape index (κ3) is 6.84. The van der Waals surface area contributed by atoms with Gasteiger partial charge < -0.3 is 19.4 Å². The molecule has 2 saturated heterocycles. The maximum atomic E-state index is 13.2. The summed E-state index contributed by atoms with van der Waals surface area (Å²) in [7, 11) is 0. The van der Waals surface area contributed by atoms with Crippen LogP contribution in [0.25, 0.3) is 33.9 Å². The molecule has 1 aliphatic carbocycles. The van der Waals surface area contributed by atoms with Crippen molar-refractivity contribution >= 4 is 12.2 Å². The van der Waals surface area contributed by atoms with Crippen LogP contribution >= 0.6 is 0 Å². The van der Waals surface area contributed by atoms with E-state index in [0.29, 0.717) is 18.3 Å². The standard InChI is InChI=1S/C38H48N8O4/c1-22-9-8-16-45(35(47)49-37(2,3)4)30(22)33-41-20-28(43-33)23-10-12-24(13-11-23)32-39-18-26(19-40-32)29-21-42-34(44-29)31-25-14-15-27(17-25)46(31)36(48)50-38(5,6)7/h10-13,18-22,25,27,30-31H,8-9,14-17H2,1-7H3,(H,41,43)(H,42,44)/t22-,25?,27?,30+,31?/m1/s1. The number of nitrogens with zero attached hydrogens (tertiary/aromatic N) is 6. The van der Waals surface area contributed by atoms with Gasteiger partial charge in [-0.25, -0.2) is 29.5 Å². The molecule has 2 bridgehead atoms. The van der Waals surface area contributed by atoms with Crippen molar-refractivity contribution in [3.8, 4) is 33.9 Å². The number of amides is 2. The second kappa shape index (κ2) is 12.9. The van der Waals surface area contributed by atoms with Crippen molar-refractivity contribution in [2.45, 2.75) is 110 Å². The number of carbonyl (C=O) groups excluding carboxylic acids is 2. The molecule has 1 aromatic carbocycles. The Kier molecular flexibility index (Phi) is 8.68. The minimum atomic E-state index is -0.563. The molecule has 2 N–H and O–H groups in total. The molecule has 5 heterocycles. The Morgan fingerprint density at radius 3 is 1.94 bits per heavy atom. The van der Waals surface area contributed by atoms with E-state index in [1.165, 1.54) is 0 Å². The van der Waals surface area contributed by atoms with Gasteiger partial charge in [-0.05, 0) is 91.0 Å². The van der Waals surface area contributed by atoms with Crippen molar-refractivity contribution in [3.63, 3.8) is 0 Å². The Balaban J connectivity index is 1.04. The zero-order valence-corrected chi connectivity index (χ0v) is 30.1. The summed E-state index contributed by atoms with van der Waals surface area (Å²) in [6.45, 7) is 14.2. The van der Waals surface area contributed by atoms with E-state index in [4.69, 9.17) is 19.4 Å². The number of fused-ring (bicyclic) bond motifs is 2. The van der Waals surface area contributed by atoms with Crippen LogP contribution < -0.4 is 0 Å². The highest BCUT2D eigenvalue weighted by Crippen LogP contribution is 2.50. The van der Waals surface area contributed by atoms with E-state index >= 15 is 0 Å². The van der Waals surface area contributed by atoms with Crippen LogP contribution in [-0.2, 0) is 9.47 Å². The summed E-state index contributed by atoms with van der Waals surface area (Å²) in [6, 6.07) is 7.91. The molecular weight excluding hydrogens is 632 g/mol. The van der Waals surface area contributed by atoms with Crippen LogP contribution in [0, 0.1) is 11.8 Å². The summed E-state index contributed by atoms with van der Waals surface area (Å²) in [5.41, 5.74) is 3.24. The van der Waals surface area contributed by atoms with Crippen molar-refractivity contribution in [1.29, 1.82) is 0 Å². The Labute approximate surface area is 293 Å². The number of H-pyrrole nitrogens is 2. The third-order valence-electron chi connectivity index (χ3n) is 9.92. The van der Waals surface area contributed by atoms with Gasteiger partial charge >= 0.3 is 12.2 Å². The number of hydrogen-bond donors (Lipinski definition) is 2. The number of aromatic amines is 2. The average molecular weight is 681 g/mol. The van der Waals surface area contributed by atoms with Crippen LogP contribution in [0.2, 0.25) is 0 Å². The molecule has 12 nitrogen and oxygen atoms in total. The van der Waals surface area contributed by atoms with Crippen molar-refractivity contribution in [2.24, 2.45) is 11.8 Å². The molecule has 5 atom stereocenters. The monoisotopic (exact) mass is 680 g/mol. The van der Waals surface area contributed by atoms with E-state index in [1.807, 2.05) is 81.8 Å². The zero-order chi connectivity index (χ0) is 35.4. The van der Waals surface area contributed by atoms with Crippen molar-refractivity contribution in [2.75, 3.05) is 6.54 Å². The lowest BCUT2D eigenvalue weighted by Gasteiger charge is -2.39. The van der Waals surface area contributed by atoms with Crippen LogP contribution in [0.5, 0.6) is 0 Å². The van der Waals surface area contributed by atoms with Crippen molar-refractivity contribution < 1.29 is 19.1 Å². The normalized spacial score (nSPS) is 23.7. The molecule has 0 radical (unpaired) electrons. The number of aromatic nitrogens is 6. The molecule has 1 saturated carbocycles. The minimum Gasteiger partial charge on any atom is -0.444 e. The number of ether oxygens (including phenoxy) is 2. The fourth-order valence-corrected chi connectivity index (χ4v) is 7.73. The molecule has 3 fully saturated rings. The fraction of sp³-hybridized carbons (Fsp3) is 0.526. The predicted molar refractivity (Wildman–Crippen MR) is 189 cm³/mol. The first-order valence-corrected chi connectivity index (χ1v) is 17.8. The highest BCUT2D eigenvalue weighted by atomic mass is 16.6. The minimum absolute atomic E-state index is 0.128. The molecule has 2 aliphatic heterocycles. The van der Waals surface area contributed by atoms with E-state index < -0.39 is 11.2 Å². The maximum absolute atomic E-state index is 13.2. The lowest BCUT2D eigenvalue weighted by atomic mass is 9.90. The first-order chi connectivity index (χ1) is 23.7. The molecular formula is C38H48N8O4. The summed E-state index contributed by atoms with van der Waals surface area (Å²) < 4.78 is 11.5. The van der Waals surface area contributed by atoms with Crippen molar-refractivity contribution in [1.82, 2.24) is 39.7 Å². The van der Waals surface area contributed by atoms with Gasteiger partial charge in [0.2, 0.25) is 0 Å². The van der Waals surface area contributed by atoms with Gasteiger partial charge in [0, 0.05) is 36.1 Å². The maximum Gasteiger partial charge on any atom is 0.411 e. The molecule has 50 heavy (non-hydrogen) atoms. The van der Waals surface area contributed by atoms with E-state index in [9.17, 15) is 9.59 Å². The summed E-state index contributed by atoms with van der Waals surface area (Å²) in [5, 5.41) is 0. The number of piperidine rings is 2. The second-order valence-electron chi connectivity index (χ2n) is 16.0. The number of rotatable bonds is 5. The summed E-state index contributed by atoms with van der Waals surface area (Å²) in [6.07, 6.45) is 11.6. The molecule has 2 amide bonds. The molecule has 12 heteroatoms. The van der Waals surface area contributed by atoms with Crippen molar-refractivity contribution in [3.05, 3.63) is 60.7 Å². The Bertz CT molecular complexity index is 1750. The smallest absolute Gasteiger partial charge is 0.411 e. The Morgan fingerprint density at radius 1 is 0.720 bits per heavy atom. The number of imidazole rings is 2. The summed E-state index contributed by atoms with van der Waals surface area (Å²) in [4.78, 5) is 55.6. The average Bonchev–Trinajstić information content (AvgIpc) is 3.88. The fourth-order valence-electron chi connectivity index (χ4n) is 7.73. The van der Waals surface area contributed by atoms with Crippen LogP contribution in [0.15, 0.2) is 49.1 Å². The van der Waals surface area contributed by atoms with Gasteiger partial charge in [0.1, 0.15) is 22.9 Å². The lowest BCUT2D eigenvalue weighted by Crippen LogP contribution is -2.45. The second-order valence-corrected chi connectivity index (χ2v) is 16.0. The van der Waals surface area contributed by atoms with E-state index in [-0.39, 0.29) is 36.2 Å². The predicted octanol–water partition coefficient (Wildman–Crippen LogP) is 8.09. The first kappa shape index (κ1) is 33.7. The summed E-state index contributed by atoms with van der Waals surface area (Å²) in [5.74, 6) is 2.76. The number of carbonyl (C=O) groups is 2. The SMILES string of the molecule is C[C@@H]1CCCN(C(=O)OC(C)(C)C)[C@@H]1c1ncc(-c2ccc(-c3ncc(-c4cnc(C5C6CCC(C6)N5C(=O)OC(C)(C)C)[nH]4)cn3)cc2)[nH]1. The quantitative estimate of drug-likeness (QED) is 0.215.